The van der Waals surface area contributed by atoms with E-state index in [2.05, 4.69) is 56.5 Å². The number of fused-ring (bicyclic) bond motifs is 1. The fourth-order valence-electron chi connectivity index (χ4n) is 2.10. The van der Waals surface area contributed by atoms with Crippen molar-refractivity contribution >= 4 is 16.3 Å². The zero-order chi connectivity index (χ0) is 12.3. The number of allylic oxidation sites excluding steroid dienone is 4. The Hall–Kier alpha value is -2.08. The average molecular weight is 220 g/mol. The molecule has 0 aromatic heterocycles. The molecule has 0 radical (unpaired) electrons. The van der Waals surface area contributed by atoms with Crippen LogP contribution in [0.4, 0.5) is 0 Å². The topological polar surface area (TPSA) is 0 Å². The smallest absolute Gasteiger partial charge is 0.0103 e. The predicted molar refractivity (Wildman–Crippen MR) is 77.1 cm³/mol. The Morgan fingerprint density at radius 1 is 1.00 bits per heavy atom. The first kappa shape index (κ1) is 11.4. The maximum atomic E-state index is 3.87. The predicted octanol–water partition coefficient (Wildman–Crippen LogP) is 4.90. The van der Waals surface area contributed by atoms with Crippen LogP contribution in [0.3, 0.4) is 0 Å². The first-order valence-electron chi connectivity index (χ1n) is 5.72. The minimum absolute atomic E-state index is 1.11. The van der Waals surface area contributed by atoms with Crippen molar-refractivity contribution in [2.24, 2.45) is 0 Å². The molecule has 0 atom stereocenters. The van der Waals surface area contributed by atoms with E-state index in [0.29, 0.717) is 0 Å². The van der Waals surface area contributed by atoms with Gasteiger partial charge in [-0.15, -0.1) is 0 Å². The third-order valence-electron chi connectivity index (χ3n) is 2.97. The summed E-state index contributed by atoms with van der Waals surface area (Å²) in [6, 6.07) is 12.7. The molecule has 17 heavy (non-hydrogen) atoms. The summed E-state index contributed by atoms with van der Waals surface area (Å²) in [6.07, 6.45) is 5.66. The molecule has 0 bridgehead atoms. The summed E-state index contributed by atoms with van der Waals surface area (Å²) in [6.45, 7) is 9.75. The monoisotopic (exact) mass is 220 g/mol. The van der Waals surface area contributed by atoms with E-state index in [9.17, 15) is 0 Å². The van der Waals surface area contributed by atoms with Gasteiger partial charge in [-0.2, -0.15) is 0 Å². The van der Waals surface area contributed by atoms with E-state index in [1.54, 1.807) is 6.08 Å². The summed E-state index contributed by atoms with van der Waals surface area (Å²) in [5.41, 5.74) is 3.61. The van der Waals surface area contributed by atoms with Crippen LogP contribution in [-0.4, -0.2) is 0 Å². The molecular weight excluding hydrogens is 204 g/mol. The van der Waals surface area contributed by atoms with Gasteiger partial charge in [-0.3, -0.25) is 0 Å². The highest BCUT2D eigenvalue weighted by atomic mass is 14.1. The van der Waals surface area contributed by atoms with Gasteiger partial charge in [0.1, 0.15) is 0 Å². The second-order valence-electron chi connectivity index (χ2n) is 4.04. The highest BCUT2D eigenvalue weighted by Gasteiger charge is 2.04. The van der Waals surface area contributed by atoms with E-state index in [1.165, 1.54) is 21.9 Å². The molecule has 0 N–H and O–H groups in total. The largest absolute Gasteiger partial charge is 0.0990 e. The quantitative estimate of drug-likeness (QED) is 0.645. The minimum atomic E-state index is 1.11. The van der Waals surface area contributed by atoms with E-state index in [0.717, 1.165) is 5.57 Å². The van der Waals surface area contributed by atoms with Crippen molar-refractivity contribution in [1.29, 1.82) is 0 Å². The van der Waals surface area contributed by atoms with Crippen LogP contribution in [-0.2, 0) is 0 Å². The van der Waals surface area contributed by atoms with Crippen LogP contribution in [0.25, 0.3) is 16.3 Å². The molecule has 0 aliphatic heterocycles. The molecule has 2 rings (SSSR count). The fraction of sp³-hybridized carbons (Fsp3) is 0.0588. The number of hydrogen-bond acceptors (Lipinski definition) is 0. The van der Waals surface area contributed by atoms with Crippen molar-refractivity contribution < 1.29 is 0 Å². The molecule has 0 saturated carbocycles. The molecule has 0 unspecified atom stereocenters. The van der Waals surface area contributed by atoms with Crippen LogP contribution < -0.4 is 0 Å². The normalized spacial score (nSPS) is 11.5. The van der Waals surface area contributed by atoms with Gasteiger partial charge < -0.3 is 0 Å². The lowest BCUT2D eigenvalue weighted by atomic mass is 9.95. The summed E-state index contributed by atoms with van der Waals surface area (Å²) in [7, 11) is 0. The Bertz CT molecular complexity index is 600. The van der Waals surface area contributed by atoms with Gasteiger partial charge in [-0.25, -0.2) is 0 Å². The van der Waals surface area contributed by atoms with Crippen LogP contribution in [0.2, 0.25) is 0 Å². The number of benzene rings is 2. The van der Waals surface area contributed by atoms with Gasteiger partial charge in [0.05, 0.1) is 0 Å². The highest BCUT2D eigenvalue weighted by Crippen LogP contribution is 2.28. The molecule has 84 valence electrons. The van der Waals surface area contributed by atoms with Crippen molar-refractivity contribution in [2.45, 2.75) is 6.92 Å². The van der Waals surface area contributed by atoms with Gasteiger partial charge in [-0.1, -0.05) is 67.8 Å². The maximum absolute atomic E-state index is 3.87. The first-order valence-corrected chi connectivity index (χ1v) is 5.72. The minimum Gasteiger partial charge on any atom is -0.0990 e. The van der Waals surface area contributed by atoms with Crippen molar-refractivity contribution in [2.75, 3.05) is 0 Å². The van der Waals surface area contributed by atoms with Crippen molar-refractivity contribution in [3.8, 4) is 0 Å². The lowest BCUT2D eigenvalue weighted by Crippen LogP contribution is -1.86. The Labute approximate surface area is 103 Å². The zero-order valence-electron chi connectivity index (χ0n) is 10.1. The van der Waals surface area contributed by atoms with Crippen LogP contribution in [0.5, 0.6) is 0 Å². The van der Waals surface area contributed by atoms with Crippen molar-refractivity contribution in [1.82, 2.24) is 0 Å². The van der Waals surface area contributed by atoms with Gasteiger partial charge in [-0.05, 0) is 34.4 Å². The number of rotatable bonds is 3. The molecule has 2 aromatic carbocycles. The Morgan fingerprint density at radius 3 is 2.35 bits per heavy atom. The zero-order valence-corrected chi connectivity index (χ0v) is 10.1. The van der Waals surface area contributed by atoms with Crippen LogP contribution >= 0.6 is 0 Å². The molecule has 2 aromatic rings. The number of aryl methyl sites for hydroxylation is 1. The van der Waals surface area contributed by atoms with Crippen LogP contribution in [0, 0.1) is 6.92 Å². The van der Waals surface area contributed by atoms with Crippen molar-refractivity contribution in [3.63, 3.8) is 0 Å². The fourth-order valence-corrected chi connectivity index (χ4v) is 2.10. The lowest BCUT2D eigenvalue weighted by Gasteiger charge is -2.09. The molecule has 0 heteroatoms. The maximum Gasteiger partial charge on any atom is -0.0103 e. The van der Waals surface area contributed by atoms with E-state index >= 15 is 0 Å². The molecule has 0 nitrogen and oxygen atoms in total. The van der Waals surface area contributed by atoms with Gasteiger partial charge in [0.2, 0.25) is 0 Å². The first-order chi connectivity index (χ1) is 8.27. The van der Waals surface area contributed by atoms with Crippen LogP contribution in [0.15, 0.2) is 67.8 Å². The Balaban J connectivity index is 2.79. The Kier molecular flexibility index (Phi) is 3.24. The molecule has 0 aliphatic rings. The Morgan fingerprint density at radius 2 is 1.71 bits per heavy atom. The standard InChI is InChI=1S/C17H16/c1-4-8-14(5-2)16-12-11-13(3)15-9-6-7-10-17(15)16/h4-12H,1-2H2,3H3/b14-8+. The van der Waals surface area contributed by atoms with Gasteiger partial charge >= 0.3 is 0 Å². The van der Waals surface area contributed by atoms with E-state index in [-0.39, 0.29) is 0 Å². The second-order valence-corrected chi connectivity index (χ2v) is 4.04. The van der Waals surface area contributed by atoms with Crippen molar-refractivity contribution in [3.05, 3.63) is 78.9 Å². The summed E-state index contributed by atoms with van der Waals surface area (Å²) < 4.78 is 0. The third-order valence-corrected chi connectivity index (χ3v) is 2.97. The van der Waals surface area contributed by atoms with Crippen LogP contribution in [0.1, 0.15) is 11.1 Å². The number of hydrogen-bond donors (Lipinski definition) is 0. The van der Waals surface area contributed by atoms with Gasteiger partial charge in [0.15, 0.2) is 0 Å². The molecule has 0 fully saturated rings. The molecule has 0 amide bonds. The molecule has 0 heterocycles. The SMILES string of the molecule is C=C/C=C(\C=C)c1ccc(C)c2ccccc12. The van der Waals surface area contributed by atoms with Gasteiger partial charge in [0, 0.05) is 0 Å². The molecule has 0 aliphatic carbocycles. The summed E-state index contributed by atoms with van der Waals surface area (Å²) in [5.74, 6) is 0. The third kappa shape index (κ3) is 2.07. The lowest BCUT2D eigenvalue weighted by molar-refractivity contribution is 1.51. The molecular formula is C17H16. The second kappa shape index (κ2) is 4.84. The van der Waals surface area contributed by atoms with Gasteiger partial charge in [0.25, 0.3) is 0 Å². The van der Waals surface area contributed by atoms with E-state index < -0.39 is 0 Å². The average Bonchev–Trinajstić information content (AvgIpc) is 2.37. The summed E-state index contributed by atoms with van der Waals surface area (Å²) in [4.78, 5) is 0. The van der Waals surface area contributed by atoms with E-state index in [4.69, 9.17) is 0 Å². The summed E-state index contributed by atoms with van der Waals surface area (Å²) >= 11 is 0. The highest BCUT2D eigenvalue weighted by molar-refractivity contribution is 5.97. The summed E-state index contributed by atoms with van der Waals surface area (Å²) in [5, 5.41) is 2.56. The molecule has 0 spiro atoms. The van der Waals surface area contributed by atoms with E-state index in [1.807, 2.05) is 12.2 Å². The molecule has 0 saturated heterocycles.